The van der Waals surface area contributed by atoms with E-state index in [0.29, 0.717) is 0 Å². The van der Waals surface area contributed by atoms with Crippen molar-refractivity contribution in [2.24, 2.45) is 0 Å². The van der Waals surface area contributed by atoms with Crippen LogP contribution < -0.4 is 0 Å². The fourth-order valence-electron chi connectivity index (χ4n) is 11.4. The molecule has 0 aliphatic rings. The molecule has 4 aromatic heterocycles. The Morgan fingerprint density at radius 1 is 0.200 bits per heavy atom. The van der Waals surface area contributed by atoms with E-state index >= 15 is 0 Å². The zero-order valence-electron chi connectivity index (χ0n) is 37.9. The molecule has 0 aliphatic carbocycles. The molecule has 3 nitrogen and oxygen atoms in total. The van der Waals surface area contributed by atoms with Crippen molar-refractivity contribution in [3.63, 3.8) is 0 Å². The molecule has 0 saturated heterocycles. The lowest BCUT2D eigenvalue weighted by Gasteiger charge is -2.15. The number of hydrogen-bond donors (Lipinski definition) is 0. The van der Waals surface area contributed by atoms with Gasteiger partial charge in [0.1, 0.15) is 0 Å². The molecule has 4 heteroatoms. The van der Waals surface area contributed by atoms with Gasteiger partial charge in [-0.2, -0.15) is 0 Å². The zero-order chi connectivity index (χ0) is 45.9. The van der Waals surface area contributed by atoms with Gasteiger partial charge in [0.2, 0.25) is 0 Å². The third-order valence-corrected chi connectivity index (χ3v) is 15.8. The average molecular weight is 908 g/mol. The minimum atomic E-state index is 1.13. The largest absolute Gasteiger partial charge is 0.309 e. The summed E-state index contributed by atoms with van der Waals surface area (Å²) in [7, 11) is 0. The van der Waals surface area contributed by atoms with E-state index in [4.69, 9.17) is 0 Å². The van der Waals surface area contributed by atoms with Gasteiger partial charge in [-0.05, 0) is 137 Å². The summed E-state index contributed by atoms with van der Waals surface area (Å²) in [5, 5.41) is 10.0. The highest BCUT2D eigenvalue weighted by Crippen LogP contribution is 2.42. The van der Waals surface area contributed by atoms with E-state index in [2.05, 4.69) is 262 Å². The maximum absolute atomic E-state index is 2.45. The first kappa shape index (κ1) is 39.1. The summed E-state index contributed by atoms with van der Waals surface area (Å²) < 4.78 is 9.95. The molecular weight excluding hydrogens is 867 g/mol. The Morgan fingerprint density at radius 2 is 0.600 bits per heavy atom. The molecule has 0 radical (unpaired) electrons. The molecule has 0 bridgehead atoms. The van der Waals surface area contributed by atoms with Gasteiger partial charge in [0, 0.05) is 69.6 Å². The van der Waals surface area contributed by atoms with Gasteiger partial charge in [0.15, 0.2) is 0 Å². The van der Waals surface area contributed by atoms with Crippen molar-refractivity contribution in [2.75, 3.05) is 0 Å². The standard InChI is InChI=1S/C66H41N3S/c1-2-14-42(15-3-1)43-26-30-48(31-27-43)67-61-23-11-6-18-53(61)56-39-44(28-33-63(56)67)46-36-47(38-50(37-46)69-59-21-9-4-16-51(59)52-17-5-10-22-60(52)69)45-29-34-64-57(40-45)54-19-7-12-24-62(54)68(64)49-32-35-66-58(41-49)55-20-8-13-25-65(55)70-66/h1-41H. The van der Waals surface area contributed by atoms with Crippen molar-refractivity contribution < 1.29 is 0 Å². The molecule has 0 N–H and O–H groups in total. The van der Waals surface area contributed by atoms with Crippen molar-refractivity contribution in [1.29, 1.82) is 0 Å². The summed E-state index contributed by atoms with van der Waals surface area (Å²) in [4.78, 5) is 0. The fourth-order valence-corrected chi connectivity index (χ4v) is 12.5. The average Bonchev–Trinajstić information content (AvgIpc) is 4.17. The van der Waals surface area contributed by atoms with Gasteiger partial charge in [0.05, 0.1) is 33.1 Å². The van der Waals surface area contributed by atoms with Crippen LogP contribution in [0.4, 0.5) is 0 Å². The molecule has 0 fully saturated rings. The highest BCUT2D eigenvalue weighted by Gasteiger charge is 2.19. The van der Waals surface area contributed by atoms with Crippen LogP contribution in [0.1, 0.15) is 0 Å². The Balaban J connectivity index is 0.930. The second kappa shape index (κ2) is 15.3. The van der Waals surface area contributed by atoms with Gasteiger partial charge in [-0.3, -0.25) is 0 Å². The number of para-hydroxylation sites is 4. The molecule has 4 heterocycles. The number of rotatable bonds is 6. The molecule has 11 aromatic carbocycles. The van der Waals surface area contributed by atoms with Crippen LogP contribution in [0, 0.1) is 0 Å². The minimum absolute atomic E-state index is 1.13. The second-order valence-electron chi connectivity index (χ2n) is 18.5. The first-order valence-electron chi connectivity index (χ1n) is 24.0. The van der Waals surface area contributed by atoms with Gasteiger partial charge in [-0.15, -0.1) is 11.3 Å². The molecular formula is C66H41N3S. The fraction of sp³-hybridized carbons (Fsp3) is 0. The van der Waals surface area contributed by atoms with Crippen molar-refractivity contribution in [3.05, 3.63) is 249 Å². The monoisotopic (exact) mass is 907 g/mol. The predicted molar refractivity (Wildman–Crippen MR) is 299 cm³/mol. The highest BCUT2D eigenvalue weighted by atomic mass is 32.1. The Kier molecular flexibility index (Phi) is 8.53. The SMILES string of the molecule is c1ccc(-c2ccc(-n3c4ccccc4c4cc(-c5cc(-c6ccc7c(c6)c6ccccc6n7-c6ccc7sc8ccccc8c7c6)cc(-n6c7ccccc7c7ccccc76)c5)ccc43)cc2)cc1. The van der Waals surface area contributed by atoms with Crippen LogP contribution in [0.2, 0.25) is 0 Å². The number of aromatic nitrogens is 3. The van der Waals surface area contributed by atoms with E-state index in [9.17, 15) is 0 Å². The van der Waals surface area contributed by atoms with Crippen molar-refractivity contribution in [2.45, 2.75) is 0 Å². The van der Waals surface area contributed by atoms with Crippen LogP contribution in [-0.2, 0) is 0 Å². The minimum Gasteiger partial charge on any atom is -0.309 e. The topological polar surface area (TPSA) is 14.8 Å². The quantitative estimate of drug-likeness (QED) is 0.158. The first-order chi connectivity index (χ1) is 34.7. The molecule has 0 saturated carbocycles. The molecule has 0 amide bonds. The zero-order valence-corrected chi connectivity index (χ0v) is 38.7. The summed E-state index contributed by atoms with van der Waals surface area (Å²) in [5.74, 6) is 0. The number of thiophene rings is 1. The number of benzene rings is 11. The Hall–Kier alpha value is -8.96. The number of nitrogens with zero attached hydrogens (tertiary/aromatic N) is 3. The van der Waals surface area contributed by atoms with Gasteiger partial charge in [-0.1, -0.05) is 146 Å². The number of hydrogen-bond acceptors (Lipinski definition) is 1. The van der Waals surface area contributed by atoms with Gasteiger partial charge < -0.3 is 13.7 Å². The molecule has 15 aromatic rings. The molecule has 0 aliphatic heterocycles. The van der Waals surface area contributed by atoms with Crippen LogP contribution in [0.5, 0.6) is 0 Å². The van der Waals surface area contributed by atoms with Crippen LogP contribution in [0.25, 0.3) is 136 Å². The van der Waals surface area contributed by atoms with Gasteiger partial charge in [0.25, 0.3) is 0 Å². The maximum atomic E-state index is 2.45. The molecule has 326 valence electrons. The van der Waals surface area contributed by atoms with Crippen molar-refractivity contribution in [1.82, 2.24) is 13.7 Å². The predicted octanol–water partition coefficient (Wildman–Crippen LogP) is 18.3. The van der Waals surface area contributed by atoms with E-state index in [0.717, 1.165) is 11.4 Å². The summed E-state index contributed by atoms with van der Waals surface area (Å²) in [6.07, 6.45) is 0. The third kappa shape index (κ3) is 5.94. The van der Waals surface area contributed by atoms with Crippen molar-refractivity contribution >= 4 is 96.9 Å². The Bertz CT molecular complexity index is 4530. The maximum Gasteiger partial charge on any atom is 0.0541 e. The molecule has 15 rings (SSSR count). The lowest BCUT2D eigenvalue weighted by molar-refractivity contribution is 1.18. The van der Waals surface area contributed by atoms with E-state index in [1.54, 1.807) is 0 Å². The Morgan fingerprint density at radius 3 is 1.17 bits per heavy atom. The van der Waals surface area contributed by atoms with Crippen LogP contribution >= 0.6 is 11.3 Å². The van der Waals surface area contributed by atoms with E-state index in [1.165, 1.54) is 125 Å². The lowest BCUT2D eigenvalue weighted by atomic mass is 9.96. The lowest BCUT2D eigenvalue weighted by Crippen LogP contribution is -1.96. The van der Waals surface area contributed by atoms with Crippen LogP contribution in [0.15, 0.2) is 249 Å². The first-order valence-corrected chi connectivity index (χ1v) is 24.8. The molecule has 0 unspecified atom stereocenters. The van der Waals surface area contributed by atoms with Crippen LogP contribution in [0.3, 0.4) is 0 Å². The van der Waals surface area contributed by atoms with Crippen LogP contribution in [-0.4, -0.2) is 13.7 Å². The molecule has 0 spiro atoms. The highest BCUT2D eigenvalue weighted by molar-refractivity contribution is 7.25. The van der Waals surface area contributed by atoms with E-state index < -0.39 is 0 Å². The molecule has 70 heavy (non-hydrogen) atoms. The van der Waals surface area contributed by atoms with E-state index in [1.807, 2.05) is 11.3 Å². The molecule has 0 atom stereocenters. The normalized spacial score (nSPS) is 12.0. The number of fused-ring (bicyclic) bond motifs is 12. The Labute approximate surface area is 407 Å². The van der Waals surface area contributed by atoms with E-state index in [-0.39, 0.29) is 0 Å². The van der Waals surface area contributed by atoms with Crippen molar-refractivity contribution in [3.8, 4) is 50.4 Å². The van der Waals surface area contributed by atoms with Gasteiger partial charge >= 0.3 is 0 Å². The summed E-state index contributed by atoms with van der Waals surface area (Å²) in [5.41, 5.74) is 17.7. The summed E-state index contributed by atoms with van der Waals surface area (Å²) in [6, 6.07) is 91.9. The third-order valence-electron chi connectivity index (χ3n) is 14.6. The van der Waals surface area contributed by atoms with Gasteiger partial charge in [-0.25, -0.2) is 0 Å². The smallest absolute Gasteiger partial charge is 0.0541 e. The summed E-state index contributed by atoms with van der Waals surface area (Å²) >= 11 is 1.86. The summed E-state index contributed by atoms with van der Waals surface area (Å²) in [6.45, 7) is 0. The second-order valence-corrected chi connectivity index (χ2v) is 19.6.